The number of aromatic nitrogens is 1. The van der Waals surface area contributed by atoms with Gasteiger partial charge >= 0.3 is 0 Å². The van der Waals surface area contributed by atoms with Crippen molar-refractivity contribution < 1.29 is 23.5 Å². The maximum absolute atomic E-state index is 13.7. The minimum atomic E-state index is -0.937. The van der Waals surface area contributed by atoms with Crippen LogP contribution < -0.4 is 4.90 Å². The van der Waals surface area contributed by atoms with E-state index >= 15 is 0 Å². The summed E-state index contributed by atoms with van der Waals surface area (Å²) in [5, 5.41) is 10.9. The molecule has 1 amide bonds. The first-order valence-electron chi connectivity index (χ1n) is 9.10. The zero-order valence-electron chi connectivity index (χ0n) is 15.6. The van der Waals surface area contributed by atoms with Gasteiger partial charge in [0.2, 0.25) is 5.78 Å². The van der Waals surface area contributed by atoms with Crippen molar-refractivity contribution in [3.05, 3.63) is 93.8 Å². The highest BCUT2D eigenvalue weighted by Gasteiger charge is 2.46. The predicted molar refractivity (Wildman–Crippen MR) is 117 cm³/mol. The summed E-state index contributed by atoms with van der Waals surface area (Å²) in [4.78, 5) is 32.0. The van der Waals surface area contributed by atoms with E-state index in [1.54, 1.807) is 24.3 Å². The molecule has 154 valence electrons. The Hall–Kier alpha value is -3.30. The van der Waals surface area contributed by atoms with Crippen LogP contribution in [-0.2, 0) is 4.79 Å². The van der Waals surface area contributed by atoms with Crippen LogP contribution in [-0.4, -0.2) is 21.8 Å². The van der Waals surface area contributed by atoms with Crippen molar-refractivity contribution in [1.29, 1.82) is 0 Å². The number of thiazole rings is 1. The average Bonchev–Trinajstić information content (AvgIpc) is 3.46. The standard InChI is InChI=1S/C22H12BrFN2O4S/c23-12-4-1-3-11(9-12)18-17(19(27)15-5-2-8-30-15)20(28)21(29)26(18)22-25-14-7-6-13(24)10-16(14)31-22/h1-10,18,28H/t18-/m1/s1. The number of carbonyl (C=O) groups is 2. The van der Waals surface area contributed by atoms with Crippen LogP contribution in [0.3, 0.4) is 0 Å². The van der Waals surface area contributed by atoms with E-state index in [0.717, 1.165) is 15.8 Å². The summed E-state index contributed by atoms with van der Waals surface area (Å²) in [6, 6.07) is 13.3. The molecule has 0 radical (unpaired) electrons. The molecule has 3 heterocycles. The summed E-state index contributed by atoms with van der Waals surface area (Å²) >= 11 is 4.51. The smallest absolute Gasteiger partial charge is 0.296 e. The molecule has 1 aliphatic heterocycles. The Morgan fingerprint density at radius 3 is 2.77 bits per heavy atom. The van der Waals surface area contributed by atoms with Gasteiger partial charge in [-0.2, -0.15) is 0 Å². The van der Waals surface area contributed by atoms with Gasteiger partial charge in [0.15, 0.2) is 16.7 Å². The minimum Gasteiger partial charge on any atom is -0.503 e. The van der Waals surface area contributed by atoms with E-state index in [4.69, 9.17) is 4.42 Å². The number of aliphatic hydroxyl groups excluding tert-OH is 1. The molecule has 9 heteroatoms. The molecular formula is C22H12BrFN2O4S. The van der Waals surface area contributed by atoms with Crippen LogP contribution in [0.4, 0.5) is 9.52 Å². The van der Waals surface area contributed by atoms with Crippen molar-refractivity contribution in [2.45, 2.75) is 6.04 Å². The van der Waals surface area contributed by atoms with Gasteiger partial charge < -0.3 is 9.52 Å². The summed E-state index contributed by atoms with van der Waals surface area (Å²) in [5.41, 5.74) is 0.989. The van der Waals surface area contributed by atoms with E-state index in [1.807, 2.05) is 6.07 Å². The molecule has 5 rings (SSSR count). The number of hydrogen-bond donors (Lipinski definition) is 1. The number of Topliss-reactive ketones (excluding diaryl/α,β-unsaturated/α-hetero) is 1. The number of fused-ring (bicyclic) bond motifs is 1. The lowest BCUT2D eigenvalue weighted by Crippen LogP contribution is -2.30. The number of ketones is 1. The number of nitrogens with zero attached hydrogens (tertiary/aromatic N) is 2. The Labute approximate surface area is 187 Å². The fourth-order valence-corrected chi connectivity index (χ4v) is 4.99. The molecule has 1 N–H and O–H groups in total. The SMILES string of the molecule is O=C(C1=C(O)C(=O)N(c2nc3ccc(F)cc3s2)[C@@H]1c1cccc(Br)c1)c1ccco1. The molecule has 0 spiro atoms. The Balaban J connectivity index is 1.70. The molecule has 0 aliphatic carbocycles. The van der Waals surface area contributed by atoms with Crippen molar-refractivity contribution in [2.24, 2.45) is 0 Å². The van der Waals surface area contributed by atoms with Gasteiger partial charge in [-0.25, -0.2) is 9.37 Å². The number of amides is 1. The van der Waals surface area contributed by atoms with Crippen LogP contribution in [0.5, 0.6) is 0 Å². The van der Waals surface area contributed by atoms with E-state index in [2.05, 4.69) is 20.9 Å². The number of halogens is 2. The minimum absolute atomic E-state index is 0.00238. The van der Waals surface area contributed by atoms with Crippen LogP contribution in [0.25, 0.3) is 10.2 Å². The molecule has 0 saturated carbocycles. The molecule has 1 atom stereocenters. The van der Waals surface area contributed by atoms with Gasteiger partial charge in [0.25, 0.3) is 5.91 Å². The zero-order chi connectivity index (χ0) is 21.7. The lowest BCUT2D eigenvalue weighted by atomic mass is 9.95. The fourth-order valence-electron chi connectivity index (χ4n) is 3.56. The van der Waals surface area contributed by atoms with Gasteiger partial charge in [-0.3, -0.25) is 14.5 Å². The Kier molecular flexibility index (Phi) is 4.71. The highest BCUT2D eigenvalue weighted by molar-refractivity contribution is 9.10. The molecule has 2 aromatic carbocycles. The number of anilines is 1. The fraction of sp³-hybridized carbons (Fsp3) is 0.0455. The van der Waals surface area contributed by atoms with E-state index in [-0.39, 0.29) is 16.5 Å². The number of benzene rings is 2. The Bertz CT molecular complexity index is 1380. The number of rotatable bonds is 4. The van der Waals surface area contributed by atoms with Crippen molar-refractivity contribution >= 4 is 54.3 Å². The van der Waals surface area contributed by atoms with Crippen LogP contribution >= 0.6 is 27.3 Å². The molecule has 0 saturated heterocycles. The van der Waals surface area contributed by atoms with Crippen LogP contribution in [0.1, 0.15) is 22.2 Å². The second kappa shape index (κ2) is 7.44. The summed E-state index contributed by atoms with van der Waals surface area (Å²) in [6.45, 7) is 0. The summed E-state index contributed by atoms with van der Waals surface area (Å²) in [5.74, 6) is -2.46. The number of furan rings is 1. The van der Waals surface area contributed by atoms with Crippen molar-refractivity contribution in [1.82, 2.24) is 4.98 Å². The molecule has 31 heavy (non-hydrogen) atoms. The Morgan fingerprint density at radius 2 is 2.03 bits per heavy atom. The lowest BCUT2D eigenvalue weighted by Gasteiger charge is -2.24. The van der Waals surface area contributed by atoms with Crippen LogP contribution in [0.15, 0.2) is 81.1 Å². The molecule has 0 fully saturated rings. The molecule has 2 aromatic heterocycles. The third-order valence-electron chi connectivity index (χ3n) is 4.91. The number of hydrogen-bond acceptors (Lipinski definition) is 6. The number of carbonyl (C=O) groups excluding carboxylic acids is 2. The van der Waals surface area contributed by atoms with Gasteiger partial charge in [0, 0.05) is 4.47 Å². The highest BCUT2D eigenvalue weighted by atomic mass is 79.9. The first kappa shape index (κ1) is 19.7. The van der Waals surface area contributed by atoms with Gasteiger partial charge in [-0.05, 0) is 48.0 Å². The van der Waals surface area contributed by atoms with Gasteiger partial charge in [0.1, 0.15) is 5.82 Å². The monoisotopic (exact) mass is 498 g/mol. The second-order valence-electron chi connectivity index (χ2n) is 6.81. The third kappa shape index (κ3) is 3.26. The lowest BCUT2D eigenvalue weighted by molar-refractivity contribution is -0.117. The molecule has 0 bridgehead atoms. The van der Waals surface area contributed by atoms with Gasteiger partial charge in [0.05, 0.1) is 28.1 Å². The molecular weight excluding hydrogens is 487 g/mol. The highest BCUT2D eigenvalue weighted by Crippen LogP contribution is 2.44. The van der Waals surface area contributed by atoms with Gasteiger partial charge in [-0.1, -0.05) is 39.4 Å². The number of aliphatic hydroxyl groups is 1. The van der Waals surface area contributed by atoms with E-state index in [9.17, 15) is 19.1 Å². The zero-order valence-corrected chi connectivity index (χ0v) is 18.0. The normalized spacial score (nSPS) is 16.5. The Morgan fingerprint density at radius 1 is 1.19 bits per heavy atom. The molecule has 0 unspecified atom stereocenters. The van der Waals surface area contributed by atoms with E-state index in [0.29, 0.717) is 15.8 Å². The van der Waals surface area contributed by atoms with Crippen LogP contribution in [0, 0.1) is 5.82 Å². The first-order valence-corrected chi connectivity index (χ1v) is 10.7. The van der Waals surface area contributed by atoms with Gasteiger partial charge in [-0.15, -0.1) is 0 Å². The topological polar surface area (TPSA) is 83.6 Å². The van der Waals surface area contributed by atoms with Crippen molar-refractivity contribution in [3.8, 4) is 0 Å². The predicted octanol–water partition coefficient (Wildman–Crippen LogP) is 5.57. The third-order valence-corrected chi connectivity index (χ3v) is 6.42. The van der Waals surface area contributed by atoms with E-state index in [1.165, 1.54) is 35.4 Å². The maximum Gasteiger partial charge on any atom is 0.296 e. The first-order chi connectivity index (χ1) is 14.9. The van der Waals surface area contributed by atoms with Crippen molar-refractivity contribution in [3.63, 3.8) is 0 Å². The summed E-state index contributed by atoms with van der Waals surface area (Å²) in [6.07, 6.45) is 1.34. The van der Waals surface area contributed by atoms with Crippen molar-refractivity contribution in [2.75, 3.05) is 4.90 Å². The van der Waals surface area contributed by atoms with Crippen LogP contribution in [0.2, 0.25) is 0 Å². The maximum atomic E-state index is 13.7. The average molecular weight is 499 g/mol. The molecule has 6 nitrogen and oxygen atoms in total. The summed E-state index contributed by atoms with van der Waals surface area (Å²) in [7, 11) is 0. The largest absolute Gasteiger partial charge is 0.503 e. The van der Waals surface area contributed by atoms with E-state index < -0.39 is 29.3 Å². The summed E-state index contributed by atoms with van der Waals surface area (Å²) < 4.78 is 20.2. The molecule has 1 aliphatic rings. The second-order valence-corrected chi connectivity index (χ2v) is 8.73. The quantitative estimate of drug-likeness (QED) is 0.371. The molecule has 4 aromatic rings.